The van der Waals surface area contributed by atoms with Gasteiger partial charge in [0, 0.05) is 6.54 Å². The normalized spacial score (nSPS) is 10.4. The molecule has 0 aliphatic heterocycles. The van der Waals surface area contributed by atoms with Crippen LogP contribution in [0.5, 0.6) is 5.75 Å². The molecule has 2 heteroatoms. The number of nitrogens with zero attached hydrogens (tertiary/aromatic N) is 1. The van der Waals surface area contributed by atoms with E-state index in [0.717, 1.165) is 31.7 Å². The van der Waals surface area contributed by atoms with Crippen LogP contribution in [0, 0.1) is 0 Å². The molecule has 1 aromatic rings. The molecule has 0 unspecified atom stereocenters. The van der Waals surface area contributed by atoms with E-state index in [4.69, 9.17) is 4.74 Å². The Kier molecular flexibility index (Phi) is 5.65. The van der Waals surface area contributed by atoms with Crippen molar-refractivity contribution in [2.75, 3.05) is 27.2 Å². The fourth-order valence-electron chi connectivity index (χ4n) is 1.45. The third kappa shape index (κ3) is 4.49. The van der Waals surface area contributed by atoms with Gasteiger partial charge < -0.3 is 9.64 Å². The highest BCUT2D eigenvalue weighted by atomic mass is 16.5. The zero-order valence-corrected chi connectivity index (χ0v) is 10.3. The standard InChI is InChI=1S/C14H21NO/c1-4-5-8-13-9-6-7-10-14(13)16-12-11-15(2)3/h4,6-7,9-10H,1,5,8,11-12H2,2-3H3. The van der Waals surface area contributed by atoms with Gasteiger partial charge in [-0.1, -0.05) is 24.3 Å². The Bertz CT molecular complexity index is 320. The summed E-state index contributed by atoms with van der Waals surface area (Å²) in [4.78, 5) is 2.12. The summed E-state index contributed by atoms with van der Waals surface area (Å²) >= 11 is 0. The van der Waals surface area contributed by atoms with Crippen molar-refractivity contribution in [3.05, 3.63) is 42.5 Å². The Morgan fingerprint density at radius 2 is 2.06 bits per heavy atom. The Labute approximate surface area is 98.5 Å². The minimum atomic E-state index is 0.734. The van der Waals surface area contributed by atoms with Crippen LogP contribution >= 0.6 is 0 Å². The van der Waals surface area contributed by atoms with Gasteiger partial charge in [0.25, 0.3) is 0 Å². The zero-order chi connectivity index (χ0) is 11.8. The molecule has 0 bridgehead atoms. The van der Waals surface area contributed by atoms with E-state index in [0.29, 0.717) is 0 Å². The number of aryl methyl sites for hydroxylation is 1. The zero-order valence-electron chi connectivity index (χ0n) is 10.3. The lowest BCUT2D eigenvalue weighted by atomic mass is 10.1. The second-order valence-corrected chi connectivity index (χ2v) is 4.09. The van der Waals surface area contributed by atoms with E-state index in [1.165, 1.54) is 5.56 Å². The van der Waals surface area contributed by atoms with Gasteiger partial charge in [0.05, 0.1) is 0 Å². The van der Waals surface area contributed by atoms with Crippen molar-refractivity contribution in [2.24, 2.45) is 0 Å². The van der Waals surface area contributed by atoms with Crippen LogP contribution in [0.15, 0.2) is 36.9 Å². The van der Waals surface area contributed by atoms with Gasteiger partial charge in [0.1, 0.15) is 12.4 Å². The van der Waals surface area contributed by atoms with E-state index in [2.05, 4.69) is 23.6 Å². The molecule has 1 aromatic carbocycles. The lowest BCUT2D eigenvalue weighted by molar-refractivity contribution is 0.259. The minimum absolute atomic E-state index is 0.734. The summed E-state index contributed by atoms with van der Waals surface area (Å²) in [7, 11) is 4.10. The second-order valence-electron chi connectivity index (χ2n) is 4.09. The lowest BCUT2D eigenvalue weighted by Crippen LogP contribution is -2.19. The first-order valence-corrected chi connectivity index (χ1v) is 5.70. The van der Waals surface area contributed by atoms with Crippen LogP contribution in [0.4, 0.5) is 0 Å². The summed E-state index contributed by atoms with van der Waals surface area (Å²) in [5.74, 6) is 1.01. The van der Waals surface area contributed by atoms with Gasteiger partial charge >= 0.3 is 0 Å². The van der Waals surface area contributed by atoms with Crippen LogP contribution in [0.1, 0.15) is 12.0 Å². The molecule has 0 amide bonds. The quantitative estimate of drug-likeness (QED) is 0.654. The predicted molar refractivity (Wildman–Crippen MR) is 69.0 cm³/mol. The molecule has 2 nitrogen and oxygen atoms in total. The van der Waals surface area contributed by atoms with Gasteiger partial charge in [-0.15, -0.1) is 6.58 Å². The van der Waals surface area contributed by atoms with E-state index in [1.807, 2.05) is 32.3 Å². The molecule has 0 heterocycles. The number of para-hydroxylation sites is 1. The molecule has 0 saturated heterocycles. The Morgan fingerprint density at radius 3 is 2.75 bits per heavy atom. The summed E-state index contributed by atoms with van der Waals surface area (Å²) in [5.41, 5.74) is 1.26. The molecule has 88 valence electrons. The van der Waals surface area contributed by atoms with Crippen LogP contribution in [-0.4, -0.2) is 32.1 Å². The number of ether oxygens (including phenoxy) is 1. The van der Waals surface area contributed by atoms with Crippen molar-refractivity contribution < 1.29 is 4.74 Å². The molecule has 0 aromatic heterocycles. The number of likely N-dealkylation sites (N-methyl/N-ethyl adjacent to an activating group) is 1. The average molecular weight is 219 g/mol. The highest BCUT2D eigenvalue weighted by Gasteiger charge is 2.01. The molecule has 0 aliphatic rings. The van der Waals surface area contributed by atoms with Crippen molar-refractivity contribution in [2.45, 2.75) is 12.8 Å². The number of rotatable bonds is 7. The minimum Gasteiger partial charge on any atom is -0.492 e. The van der Waals surface area contributed by atoms with Crippen LogP contribution in [0.3, 0.4) is 0 Å². The molecule has 0 fully saturated rings. The highest BCUT2D eigenvalue weighted by Crippen LogP contribution is 2.19. The molecule has 0 N–H and O–H groups in total. The van der Waals surface area contributed by atoms with Crippen LogP contribution in [0.25, 0.3) is 0 Å². The van der Waals surface area contributed by atoms with Gasteiger partial charge in [-0.25, -0.2) is 0 Å². The average Bonchev–Trinajstić information content (AvgIpc) is 2.27. The second kappa shape index (κ2) is 7.07. The lowest BCUT2D eigenvalue weighted by Gasteiger charge is -2.13. The van der Waals surface area contributed by atoms with E-state index in [-0.39, 0.29) is 0 Å². The van der Waals surface area contributed by atoms with Crippen LogP contribution < -0.4 is 4.74 Å². The number of allylic oxidation sites excluding steroid dienone is 1. The van der Waals surface area contributed by atoms with Crippen molar-refractivity contribution >= 4 is 0 Å². The monoisotopic (exact) mass is 219 g/mol. The topological polar surface area (TPSA) is 12.5 Å². The van der Waals surface area contributed by atoms with E-state index in [9.17, 15) is 0 Å². The molecule has 0 radical (unpaired) electrons. The fraction of sp³-hybridized carbons (Fsp3) is 0.429. The molecule has 0 saturated carbocycles. The smallest absolute Gasteiger partial charge is 0.122 e. The molecule has 0 atom stereocenters. The highest BCUT2D eigenvalue weighted by molar-refractivity contribution is 5.33. The maximum Gasteiger partial charge on any atom is 0.122 e. The van der Waals surface area contributed by atoms with Crippen molar-refractivity contribution in [1.82, 2.24) is 4.90 Å². The Morgan fingerprint density at radius 1 is 1.31 bits per heavy atom. The first-order valence-electron chi connectivity index (χ1n) is 5.70. The SMILES string of the molecule is C=CCCc1ccccc1OCCN(C)C. The molecular formula is C14H21NO. The maximum atomic E-state index is 5.77. The predicted octanol–water partition coefficient (Wildman–Crippen LogP) is 2.75. The third-order valence-corrected chi connectivity index (χ3v) is 2.39. The van der Waals surface area contributed by atoms with Gasteiger partial charge in [-0.2, -0.15) is 0 Å². The summed E-state index contributed by atoms with van der Waals surface area (Å²) < 4.78 is 5.77. The molecule has 0 spiro atoms. The Balaban J connectivity index is 2.52. The molecule has 1 rings (SSSR count). The summed E-state index contributed by atoms with van der Waals surface area (Å²) in [5, 5.41) is 0. The first kappa shape index (κ1) is 12.8. The van der Waals surface area contributed by atoms with Crippen LogP contribution in [-0.2, 0) is 6.42 Å². The van der Waals surface area contributed by atoms with Gasteiger partial charge in [0.15, 0.2) is 0 Å². The van der Waals surface area contributed by atoms with E-state index >= 15 is 0 Å². The molecular weight excluding hydrogens is 198 g/mol. The molecule has 0 aliphatic carbocycles. The van der Waals surface area contributed by atoms with Gasteiger partial charge in [-0.05, 0) is 38.6 Å². The van der Waals surface area contributed by atoms with Crippen molar-refractivity contribution in [3.63, 3.8) is 0 Å². The summed E-state index contributed by atoms with van der Waals surface area (Å²) in [6.45, 7) is 5.42. The van der Waals surface area contributed by atoms with Crippen molar-refractivity contribution in [1.29, 1.82) is 0 Å². The van der Waals surface area contributed by atoms with E-state index < -0.39 is 0 Å². The summed E-state index contributed by atoms with van der Waals surface area (Å²) in [6.07, 6.45) is 3.94. The number of hydrogen-bond donors (Lipinski definition) is 0. The van der Waals surface area contributed by atoms with Gasteiger partial charge in [-0.3, -0.25) is 0 Å². The third-order valence-electron chi connectivity index (χ3n) is 2.39. The van der Waals surface area contributed by atoms with Crippen molar-refractivity contribution in [3.8, 4) is 5.75 Å². The van der Waals surface area contributed by atoms with Crippen LogP contribution in [0.2, 0.25) is 0 Å². The Hall–Kier alpha value is -1.28. The van der Waals surface area contributed by atoms with E-state index in [1.54, 1.807) is 0 Å². The fourth-order valence-corrected chi connectivity index (χ4v) is 1.45. The maximum absolute atomic E-state index is 5.77. The van der Waals surface area contributed by atoms with Gasteiger partial charge in [0.2, 0.25) is 0 Å². The summed E-state index contributed by atoms with van der Waals surface area (Å²) in [6, 6.07) is 8.22. The first-order chi connectivity index (χ1) is 7.74. The molecule has 16 heavy (non-hydrogen) atoms. The largest absolute Gasteiger partial charge is 0.492 e. The number of hydrogen-bond acceptors (Lipinski definition) is 2. The number of benzene rings is 1.